The molecule has 1 fully saturated rings. The van der Waals surface area contributed by atoms with Gasteiger partial charge in [0.2, 0.25) is 0 Å². The molecule has 2 aromatic rings. The number of amides is 1. The molecule has 1 aliphatic rings. The van der Waals surface area contributed by atoms with Crippen molar-refractivity contribution in [2.75, 3.05) is 13.7 Å². The molecular formula is C20H27ClN4O4. The summed E-state index contributed by atoms with van der Waals surface area (Å²) in [5.41, 5.74) is 0.272. The molecule has 158 valence electrons. The van der Waals surface area contributed by atoms with E-state index in [1.54, 1.807) is 19.2 Å². The Labute approximate surface area is 174 Å². The average molecular weight is 423 g/mol. The van der Waals surface area contributed by atoms with Crippen LogP contribution >= 0.6 is 11.6 Å². The lowest BCUT2D eigenvalue weighted by Crippen LogP contribution is -2.40. The summed E-state index contributed by atoms with van der Waals surface area (Å²) in [6.07, 6.45) is 6.73. The Morgan fingerprint density at radius 2 is 2.07 bits per heavy atom. The molecule has 0 saturated heterocycles. The summed E-state index contributed by atoms with van der Waals surface area (Å²) in [5, 5.41) is 17.5. The van der Waals surface area contributed by atoms with Crippen molar-refractivity contribution in [3.63, 3.8) is 0 Å². The molecule has 1 saturated carbocycles. The van der Waals surface area contributed by atoms with Gasteiger partial charge < -0.3 is 15.2 Å². The summed E-state index contributed by atoms with van der Waals surface area (Å²) in [4.78, 5) is 25.2. The number of carbonyl (C=O) groups is 1. The van der Waals surface area contributed by atoms with E-state index in [4.69, 9.17) is 16.3 Å². The van der Waals surface area contributed by atoms with E-state index in [0.717, 1.165) is 38.5 Å². The van der Waals surface area contributed by atoms with E-state index in [1.165, 1.54) is 21.6 Å². The van der Waals surface area contributed by atoms with E-state index in [-0.39, 0.29) is 22.2 Å². The lowest BCUT2D eigenvalue weighted by Gasteiger charge is -2.22. The van der Waals surface area contributed by atoms with E-state index < -0.39 is 12.1 Å². The summed E-state index contributed by atoms with van der Waals surface area (Å²) in [5.74, 6) is -0.428. The predicted molar refractivity (Wildman–Crippen MR) is 109 cm³/mol. The van der Waals surface area contributed by atoms with Gasteiger partial charge in [-0.25, -0.2) is 4.79 Å². The number of nitrogens with one attached hydrogen (secondary N) is 1. The molecule has 1 amide bonds. The van der Waals surface area contributed by atoms with Crippen LogP contribution in [0.25, 0.3) is 5.69 Å². The van der Waals surface area contributed by atoms with Gasteiger partial charge in [-0.2, -0.15) is 9.78 Å². The molecule has 1 aliphatic carbocycles. The SMILES string of the molecule is COCCn1cnn(-c2ccc(Cl)c(C(=O)NC(O)C3CCCCCC3)c2)c1=O. The maximum Gasteiger partial charge on any atom is 0.350 e. The van der Waals surface area contributed by atoms with Crippen molar-refractivity contribution in [3.05, 3.63) is 45.6 Å². The Bertz CT molecular complexity index is 887. The Morgan fingerprint density at radius 1 is 1.34 bits per heavy atom. The minimum absolute atomic E-state index is 0.0440. The third kappa shape index (κ3) is 5.26. The van der Waals surface area contributed by atoms with Crippen molar-refractivity contribution in [1.29, 1.82) is 0 Å². The first-order chi connectivity index (χ1) is 14.0. The second kappa shape index (κ2) is 10.0. The first-order valence-electron chi connectivity index (χ1n) is 9.93. The zero-order chi connectivity index (χ0) is 20.8. The van der Waals surface area contributed by atoms with Crippen LogP contribution in [0.1, 0.15) is 48.9 Å². The van der Waals surface area contributed by atoms with Crippen LogP contribution in [0.15, 0.2) is 29.3 Å². The zero-order valence-corrected chi connectivity index (χ0v) is 17.3. The van der Waals surface area contributed by atoms with E-state index >= 15 is 0 Å². The van der Waals surface area contributed by atoms with Gasteiger partial charge in [0.05, 0.1) is 29.4 Å². The standard InChI is InChI=1S/C20H27ClN4O4/c1-29-11-10-24-13-22-25(20(24)28)15-8-9-17(21)16(12-15)19(27)23-18(26)14-6-4-2-3-5-7-14/h8-9,12-14,18,26H,2-7,10-11H2,1H3,(H,23,27). The smallest absolute Gasteiger partial charge is 0.350 e. The Balaban J connectivity index is 1.77. The normalized spacial score (nSPS) is 16.4. The van der Waals surface area contributed by atoms with Gasteiger partial charge in [-0.05, 0) is 31.0 Å². The van der Waals surface area contributed by atoms with Crippen LogP contribution in [0.5, 0.6) is 0 Å². The minimum Gasteiger partial charge on any atom is -0.383 e. The van der Waals surface area contributed by atoms with E-state index in [1.807, 2.05) is 0 Å². The fourth-order valence-electron chi connectivity index (χ4n) is 3.63. The van der Waals surface area contributed by atoms with E-state index in [2.05, 4.69) is 10.4 Å². The molecule has 29 heavy (non-hydrogen) atoms. The van der Waals surface area contributed by atoms with Crippen LogP contribution in [-0.2, 0) is 11.3 Å². The van der Waals surface area contributed by atoms with Crippen LogP contribution in [0, 0.1) is 5.92 Å². The number of carbonyl (C=O) groups excluding carboxylic acids is 1. The molecule has 1 heterocycles. The molecule has 0 bridgehead atoms. The van der Waals surface area contributed by atoms with Gasteiger partial charge >= 0.3 is 5.69 Å². The van der Waals surface area contributed by atoms with Crippen LogP contribution in [0.3, 0.4) is 0 Å². The van der Waals surface area contributed by atoms with Crippen LogP contribution in [0.2, 0.25) is 5.02 Å². The van der Waals surface area contributed by atoms with Crippen LogP contribution < -0.4 is 11.0 Å². The predicted octanol–water partition coefficient (Wildman–Crippen LogP) is 2.35. The molecule has 2 N–H and O–H groups in total. The lowest BCUT2D eigenvalue weighted by atomic mass is 9.98. The summed E-state index contributed by atoms with van der Waals surface area (Å²) in [6.45, 7) is 0.767. The summed E-state index contributed by atoms with van der Waals surface area (Å²) in [7, 11) is 1.56. The van der Waals surface area contributed by atoms with Gasteiger partial charge in [0, 0.05) is 13.0 Å². The Morgan fingerprint density at radius 3 is 2.76 bits per heavy atom. The maximum absolute atomic E-state index is 12.7. The van der Waals surface area contributed by atoms with Crippen molar-refractivity contribution in [3.8, 4) is 5.69 Å². The second-order valence-corrected chi connectivity index (χ2v) is 7.75. The topological polar surface area (TPSA) is 98.4 Å². The molecule has 0 radical (unpaired) electrons. The van der Waals surface area contributed by atoms with Crippen LogP contribution in [0.4, 0.5) is 0 Å². The summed E-state index contributed by atoms with van der Waals surface area (Å²) >= 11 is 6.22. The summed E-state index contributed by atoms with van der Waals surface area (Å²) in [6, 6.07) is 4.67. The lowest BCUT2D eigenvalue weighted by molar-refractivity contribution is 0.0532. The Hall–Kier alpha value is -2.16. The fourth-order valence-corrected chi connectivity index (χ4v) is 3.83. The van der Waals surface area contributed by atoms with Gasteiger partial charge in [-0.3, -0.25) is 9.36 Å². The number of aliphatic hydroxyl groups is 1. The average Bonchev–Trinajstić information content (AvgIpc) is 2.91. The first-order valence-corrected chi connectivity index (χ1v) is 10.3. The first kappa shape index (κ1) is 21.5. The molecule has 1 aromatic heterocycles. The van der Waals surface area contributed by atoms with E-state index in [9.17, 15) is 14.7 Å². The number of aromatic nitrogens is 3. The molecule has 3 rings (SSSR count). The number of rotatable bonds is 7. The van der Waals surface area contributed by atoms with Gasteiger partial charge in [-0.1, -0.05) is 37.3 Å². The number of hydrogen-bond donors (Lipinski definition) is 2. The number of halogens is 1. The number of ether oxygens (including phenoxy) is 1. The highest BCUT2D eigenvalue weighted by atomic mass is 35.5. The molecule has 0 aliphatic heterocycles. The number of benzene rings is 1. The number of nitrogens with zero attached hydrogens (tertiary/aromatic N) is 3. The minimum atomic E-state index is -0.920. The maximum atomic E-state index is 12.7. The number of hydrogen-bond acceptors (Lipinski definition) is 5. The quantitative estimate of drug-likeness (QED) is 0.527. The monoisotopic (exact) mass is 422 g/mol. The molecule has 1 aromatic carbocycles. The molecule has 0 spiro atoms. The van der Waals surface area contributed by atoms with Gasteiger partial charge in [0.25, 0.3) is 5.91 Å². The zero-order valence-electron chi connectivity index (χ0n) is 16.5. The van der Waals surface area contributed by atoms with Crippen molar-refractivity contribution in [2.24, 2.45) is 5.92 Å². The number of aliphatic hydroxyl groups excluding tert-OH is 1. The van der Waals surface area contributed by atoms with E-state index in [0.29, 0.717) is 18.8 Å². The largest absolute Gasteiger partial charge is 0.383 e. The van der Waals surface area contributed by atoms with Crippen molar-refractivity contribution in [1.82, 2.24) is 19.7 Å². The van der Waals surface area contributed by atoms with Gasteiger partial charge in [-0.15, -0.1) is 0 Å². The fraction of sp³-hybridized carbons (Fsp3) is 0.550. The molecule has 8 nitrogen and oxygen atoms in total. The van der Waals surface area contributed by atoms with Crippen molar-refractivity contribution in [2.45, 2.75) is 51.3 Å². The third-order valence-electron chi connectivity index (χ3n) is 5.33. The van der Waals surface area contributed by atoms with Crippen molar-refractivity contribution < 1.29 is 14.6 Å². The highest BCUT2D eigenvalue weighted by Gasteiger charge is 2.24. The summed E-state index contributed by atoms with van der Waals surface area (Å²) < 4.78 is 7.61. The Kier molecular flexibility index (Phi) is 7.46. The molecule has 9 heteroatoms. The number of methoxy groups -OCH3 is 1. The highest BCUT2D eigenvalue weighted by molar-refractivity contribution is 6.33. The molecular weight excluding hydrogens is 396 g/mol. The van der Waals surface area contributed by atoms with Gasteiger partial charge in [0.15, 0.2) is 0 Å². The van der Waals surface area contributed by atoms with Crippen LogP contribution in [-0.4, -0.2) is 45.3 Å². The van der Waals surface area contributed by atoms with Crippen molar-refractivity contribution >= 4 is 17.5 Å². The molecule has 1 unspecified atom stereocenters. The molecule has 1 atom stereocenters. The van der Waals surface area contributed by atoms with Gasteiger partial charge in [0.1, 0.15) is 12.6 Å². The second-order valence-electron chi connectivity index (χ2n) is 7.35. The third-order valence-corrected chi connectivity index (χ3v) is 5.66. The highest BCUT2D eigenvalue weighted by Crippen LogP contribution is 2.25.